The minimum atomic E-state index is -0.173. The van der Waals surface area contributed by atoms with Crippen molar-refractivity contribution in [3.8, 4) is 5.69 Å². The predicted molar refractivity (Wildman–Crippen MR) is 146 cm³/mol. The molecular weight excluding hydrogens is 494 g/mol. The van der Waals surface area contributed by atoms with Gasteiger partial charge in [0.2, 0.25) is 0 Å². The van der Waals surface area contributed by atoms with Gasteiger partial charge in [-0.25, -0.2) is 9.97 Å². The summed E-state index contributed by atoms with van der Waals surface area (Å²) < 4.78 is 1.75. The van der Waals surface area contributed by atoms with Crippen LogP contribution in [0.2, 0.25) is 5.02 Å². The number of fused-ring (bicyclic) bond motifs is 2. The molecule has 180 valence electrons. The number of halogens is 1. The Kier molecular flexibility index (Phi) is 5.78. The smallest absolute Gasteiger partial charge is 0.264 e. The number of aromatic amines is 1. The summed E-state index contributed by atoms with van der Waals surface area (Å²) in [7, 11) is 0. The van der Waals surface area contributed by atoms with Crippen LogP contribution in [-0.4, -0.2) is 32.3 Å². The van der Waals surface area contributed by atoms with Gasteiger partial charge < -0.3 is 9.88 Å². The highest BCUT2D eigenvalue weighted by atomic mass is 35.5. The van der Waals surface area contributed by atoms with Crippen molar-refractivity contribution >= 4 is 51.0 Å². The number of rotatable bonds is 4. The third-order valence-corrected chi connectivity index (χ3v) is 7.52. The van der Waals surface area contributed by atoms with E-state index >= 15 is 0 Å². The predicted octanol–water partition coefficient (Wildman–Crippen LogP) is 5.34. The number of nitrogens with zero attached hydrogens (tertiary/aromatic N) is 4. The zero-order valence-electron chi connectivity index (χ0n) is 19.4. The lowest BCUT2D eigenvalue weighted by molar-refractivity contribution is 0.659. The van der Waals surface area contributed by atoms with Gasteiger partial charge in [-0.1, -0.05) is 53.7 Å². The Morgan fingerprint density at radius 3 is 2.67 bits per heavy atom. The number of anilines is 1. The Morgan fingerprint density at radius 2 is 1.86 bits per heavy atom. The Balaban J connectivity index is 1.63. The van der Waals surface area contributed by atoms with Crippen LogP contribution in [0.3, 0.4) is 0 Å². The van der Waals surface area contributed by atoms with Gasteiger partial charge in [0.05, 0.1) is 16.5 Å². The zero-order valence-corrected chi connectivity index (χ0v) is 21.0. The van der Waals surface area contributed by atoms with Crippen molar-refractivity contribution < 1.29 is 0 Å². The summed E-state index contributed by atoms with van der Waals surface area (Å²) in [6.45, 7) is 0.704. The van der Waals surface area contributed by atoms with E-state index in [0.29, 0.717) is 39.0 Å². The van der Waals surface area contributed by atoms with Gasteiger partial charge in [-0.15, -0.1) is 0 Å². The molecule has 1 saturated heterocycles. The SMILES string of the molecule is CSc1nc(N2CCCC2c2cc3cccc(Cl)c3c(=O)n2-c2ccccc2)c2c(=O)cc[nH]c2n1. The number of pyridine rings is 2. The molecule has 6 rings (SSSR count). The van der Waals surface area contributed by atoms with Gasteiger partial charge in [-0.3, -0.25) is 14.2 Å². The molecule has 2 aromatic carbocycles. The lowest BCUT2D eigenvalue weighted by Gasteiger charge is -2.29. The number of nitrogens with one attached hydrogen (secondary N) is 1. The minimum absolute atomic E-state index is 0.136. The molecule has 1 aliphatic rings. The number of thioether (sulfide) groups is 1. The van der Waals surface area contributed by atoms with Crippen LogP contribution in [0.5, 0.6) is 0 Å². The second kappa shape index (κ2) is 9.11. The van der Waals surface area contributed by atoms with E-state index in [1.54, 1.807) is 16.8 Å². The van der Waals surface area contributed by atoms with Crippen LogP contribution in [0.1, 0.15) is 24.6 Å². The van der Waals surface area contributed by atoms with Crippen molar-refractivity contribution in [2.75, 3.05) is 17.7 Å². The van der Waals surface area contributed by atoms with Crippen LogP contribution in [0, 0.1) is 0 Å². The van der Waals surface area contributed by atoms with Crippen LogP contribution in [0.4, 0.5) is 5.82 Å². The number of H-pyrrole nitrogens is 1. The summed E-state index contributed by atoms with van der Waals surface area (Å²) in [6, 6.07) is 18.5. The third-order valence-electron chi connectivity index (χ3n) is 6.66. The van der Waals surface area contributed by atoms with E-state index in [2.05, 4.69) is 14.9 Å². The monoisotopic (exact) mass is 515 g/mol. The quantitative estimate of drug-likeness (QED) is 0.257. The molecule has 1 unspecified atom stereocenters. The molecule has 1 fully saturated rings. The van der Waals surface area contributed by atoms with E-state index in [4.69, 9.17) is 16.6 Å². The van der Waals surface area contributed by atoms with Crippen LogP contribution < -0.4 is 15.9 Å². The largest absolute Gasteiger partial charge is 0.347 e. The molecule has 4 heterocycles. The molecule has 0 aliphatic carbocycles. The van der Waals surface area contributed by atoms with E-state index in [9.17, 15) is 9.59 Å². The topological polar surface area (TPSA) is 83.9 Å². The maximum Gasteiger partial charge on any atom is 0.264 e. The lowest BCUT2D eigenvalue weighted by Crippen LogP contribution is -2.31. The van der Waals surface area contributed by atoms with Gasteiger partial charge in [0.15, 0.2) is 10.6 Å². The molecule has 36 heavy (non-hydrogen) atoms. The maximum absolute atomic E-state index is 13.9. The fourth-order valence-corrected chi connectivity index (χ4v) is 5.72. The molecular formula is C27H22ClN5O2S. The van der Waals surface area contributed by atoms with E-state index in [1.807, 2.05) is 54.8 Å². The zero-order chi connectivity index (χ0) is 24.8. The van der Waals surface area contributed by atoms with Crippen molar-refractivity contribution in [3.05, 3.63) is 98.2 Å². The second-order valence-electron chi connectivity index (χ2n) is 8.70. The summed E-state index contributed by atoms with van der Waals surface area (Å²) in [4.78, 5) is 41.4. The van der Waals surface area contributed by atoms with Gasteiger partial charge in [-0.05, 0) is 48.7 Å². The molecule has 1 aliphatic heterocycles. The Bertz CT molecular complexity index is 1730. The van der Waals surface area contributed by atoms with E-state index in [0.717, 1.165) is 29.6 Å². The van der Waals surface area contributed by atoms with Gasteiger partial charge in [-0.2, -0.15) is 0 Å². The first-order valence-corrected chi connectivity index (χ1v) is 13.3. The van der Waals surface area contributed by atoms with E-state index in [-0.39, 0.29) is 17.0 Å². The number of hydrogen-bond donors (Lipinski definition) is 1. The Labute approximate surface area is 215 Å². The van der Waals surface area contributed by atoms with Crippen molar-refractivity contribution in [2.24, 2.45) is 0 Å². The van der Waals surface area contributed by atoms with Crippen LogP contribution in [0.25, 0.3) is 27.5 Å². The van der Waals surface area contributed by atoms with E-state index < -0.39 is 0 Å². The average molecular weight is 516 g/mol. The molecule has 0 spiro atoms. The summed E-state index contributed by atoms with van der Waals surface area (Å²) >= 11 is 7.92. The molecule has 0 amide bonds. The van der Waals surface area contributed by atoms with E-state index in [1.165, 1.54) is 17.8 Å². The normalized spacial score (nSPS) is 15.7. The molecule has 1 N–H and O–H groups in total. The summed E-state index contributed by atoms with van der Waals surface area (Å²) in [5.74, 6) is 0.590. The number of para-hydroxylation sites is 1. The molecule has 3 aromatic heterocycles. The van der Waals surface area contributed by atoms with Gasteiger partial charge in [0, 0.05) is 30.2 Å². The van der Waals surface area contributed by atoms with Gasteiger partial charge >= 0.3 is 0 Å². The molecule has 0 saturated carbocycles. The molecule has 7 nitrogen and oxygen atoms in total. The number of hydrogen-bond acceptors (Lipinski definition) is 6. The van der Waals surface area contributed by atoms with Crippen molar-refractivity contribution in [1.82, 2.24) is 19.5 Å². The average Bonchev–Trinajstić information content (AvgIpc) is 3.38. The van der Waals surface area contributed by atoms with Crippen molar-refractivity contribution in [3.63, 3.8) is 0 Å². The molecule has 5 aromatic rings. The van der Waals surface area contributed by atoms with Gasteiger partial charge in [0.25, 0.3) is 5.56 Å². The van der Waals surface area contributed by atoms with Crippen LogP contribution >= 0.6 is 23.4 Å². The Morgan fingerprint density at radius 1 is 1.03 bits per heavy atom. The summed E-state index contributed by atoms with van der Waals surface area (Å²) in [5.41, 5.74) is 1.81. The molecule has 0 radical (unpaired) electrons. The van der Waals surface area contributed by atoms with Crippen molar-refractivity contribution in [1.29, 1.82) is 0 Å². The fourth-order valence-electron chi connectivity index (χ4n) is 5.09. The highest BCUT2D eigenvalue weighted by Gasteiger charge is 2.33. The highest BCUT2D eigenvalue weighted by molar-refractivity contribution is 7.98. The van der Waals surface area contributed by atoms with Crippen LogP contribution in [0.15, 0.2) is 81.6 Å². The first kappa shape index (κ1) is 22.8. The molecule has 1 atom stereocenters. The summed E-state index contributed by atoms with van der Waals surface area (Å²) in [6.07, 6.45) is 5.22. The molecule has 9 heteroatoms. The number of benzene rings is 2. The van der Waals surface area contributed by atoms with Gasteiger partial charge in [0.1, 0.15) is 16.9 Å². The summed E-state index contributed by atoms with van der Waals surface area (Å²) in [5, 5.41) is 2.74. The minimum Gasteiger partial charge on any atom is -0.347 e. The third kappa shape index (κ3) is 3.68. The maximum atomic E-state index is 13.9. The first-order chi connectivity index (χ1) is 17.6. The fraction of sp³-hybridized carbons (Fsp3) is 0.185. The lowest BCUT2D eigenvalue weighted by atomic mass is 10.0. The van der Waals surface area contributed by atoms with Crippen molar-refractivity contribution in [2.45, 2.75) is 24.0 Å². The first-order valence-electron chi connectivity index (χ1n) is 11.7. The number of aromatic nitrogens is 4. The second-order valence-corrected chi connectivity index (χ2v) is 9.88. The molecule has 0 bridgehead atoms. The highest BCUT2D eigenvalue weighted by Crippen LogP contribution is 2.39. The van der Waals surface area contributed by atoms with Crippen LogP contribution in [-0.2, 0) is 0 Å². The standard InChI is InChI=1S/C27H22ClN5O2S/c1-36-27-30-24-23(21(34)12-13-29-24)25(31-27)32-14-6-11-19(32)20-15-16-7-5-10-18(28)22(16)26(35)33(20)17-8-3-2-4-9-17/h2-5,7-10,12-13,15,19H,6,11,14H2,1H3,(H,29,30,31,34). The Hall–Kier alpha value is -3.62.